The van der Waals surface area contributed by atoms with Gasteiger partial charge in [0, 0.05) is 23.3 Å². The number of carbonyl (C=O) groups is 2. The van der Waals surface area contributed by atoms with Crippen LogP contribution in [0.5, 0.6) is 0 Å². The Morgan fingerprint density at radius 2 is 1.84 bits per heavy atom. The minimum Gasteiger partial charge on any atom is -0.452 e. The molecule has 2 N–H and O–H groups in total. The normalized spacial score (nSPS) is 10.6. The maximum absolute atomic E-state index is 12.5. The Morgan fingerprint density at radius 3 is 2.48 bits per heavy atom. The van der Waals surface area contributed by atoms with Crippen LogP contribution in [0.25, 0.3) is 0 Å². The highest BCUT2D eigenvalue weighted by atomic mass is 35.5. The summed E-state index contributed by atoms with van der Waals surface area (Å²) in [6.45, 7) is 3.93. The molecule has 132 valence electrons. The van der Waals surface area contributed by atoms with Gasteiger partial charge in [-0.2, -0.15) is 0 Å². The number of nitrogen functional groups attached to an aromatic ring is 1. The van der Waals surface area contributed by atoms with Crippen LogP contribution in [0.4, 0.5) is 5.69 Å². The van der Waals surface area contributed by atoms with Crippen molar-refractivity contribution in [3.63, 3.8) is 0 Å². The molecule has 2 aromatic carbocycles. The van der Waals surface area contributed by atoms with Gasteiger partial charge in [0.15, 0.2) is 6.61 Å². The zero-order valence-corrected chi connectivity index (χ0v) is 15.0. The third-order valence-electron chi connectivity index (χ3n) is 3.70. The number of carbonyl (C=O) groups excluding carboxylic acids is 2. The largest absolute Gasteiger partial charge is 0.452 e. The van der Waals surface area contributed by atoms with E-state index in [1.54, 1.807) is 11.0 Å². The molecular formula is C19H21ClN2O3. The first-order valence-electron chi connectivity index (χ1n) is 7.94. The molecule has 0 atom stereocenters. The van der Waals surface area contributed by atoms with E-state index >= 15 is 0 Å². The zero-order chi connectivity index (χ0) is 18.4. The molecule has 0 saturated heterocycles. The average molecular weight is 361 g/mol. The Kier molecular flexibility index (Phi) is 6.42. The number of hydrogen-bond acceptors (Lipinski definition) is 4. The van der Waals surface area contributed by atoms with Crippen molar-refractivity contribution in [2.24, 2.45) is 0 Å². The molecule has 0 spiro atoms. The lowest BCUT2D eigenvalue weighted by atomic mass is 10.2. The number of hydrogen-bond donors (Lipinski definition) is 1. The van der Waals surface area contributed by atoms with Crippen LogP contribution in [-0.4, -0.2) is 29.4 Å². The van der Waals surface area contributed by atoms with E-state index in [9.17, 15) is 9.59 Å². The second-order valence-corrected chi connectivity index (χ2v) is 6.35. The van der Waals surface area contributed by atoms with Gasteiger partial charge in [0.1, 0.15) is 0 Å². The number of amides is 1. The summed E-state index contributed by atoms with van der Waals surface area (Å²) in [5.41, 5.74) is 7.17. The van der Waals surface area contributed by atoms with Crippen molar-refractivity contribution < 1.29 is 14.3 Å². The van der Waals surface area contributed by atoms with Gasteiger partial charge in [-0.1, -0.05) is 41.9 Å². The molecular weight excluding hydrogens is 340 g/mol. The quantitative estimate of drug-likeness (QED) is 0.632. The van der Waals surface area contributed by atoms with Gasteiger partial charge >= 0.3 is 5.97 Å². The van der Waals surface area contributed by atoms with E-state index in [2.05, 4.69) is 0 Å². The maximum Gasteiger partial charge on any atom is 0.340 e. The summed E-state index contributed by atoms with van der Waals surface area (Å²) in [5.74, 6) is -0.940. The fraction of sp³-hybridized carbons (Fsp3) is 0.263. The lowest BCUT2D eigenvalue weighted by Gasteiger charge is -2.26. The van der Waals surface area contributed by atoms with Crippen molar-refractivity contribution in [3.8, 4) is 0 Å². The highest BCUT2D eigenvalue weighted by Gasteiger charge is 2.20. The molecule has 1 amide bonds. The SMILES string of the molecule is CC(C)N(Cc1ccccc1)C(=O)COC(=O)c1cc(Cl)ccc1N. The van der Waals surface area contributed by atoms with Crippen LogP contribution in [0.15, 0.2) is 48.5 Å². The molecule has 2 rings (SSSR count). The Labute approximate surface area is 152 Å². The summed E-state index contributed by atoms with van der Waals surface area (Å²) in [4.78, 5) is 26.3. The van der Waals surface area contributed by atoms with Gasteiger partial charge < -0.3 is 15.4 Å². The van der Waals surface area contributed by atoms with E-state index in [1.807, 2.05) is 44.2 Å². The van der Waals surface area contributed by atoms with Crippen LogP contribution in [-0.2, 0) is 16.1 Å². The summed E-state index contributed by atoms with van der Waals surface area (Å²) < 4.78 is 5.13. The first-order chi connectivity index (χ1) is 11.9. The van der Waals surface area contributed by atoms with Crippen LogP contribution in [0.2, 0.25) is 5.02 Å². The topological polar surface area (TPSA) is 72.6 Å². The Balaban J connectivity index is 2.01. The van der Waals surface area contributed by atoms with Crippen molar-refractivity contribution in [1.29, 1.82) is 0 Å². The minimum absolute atomic E-state index is 0.0253. The molecule has 0 heterocycles. The average Bonchev–Trinajstić information content (AvgIpc) is 2.60. The lowest BCUT2D eigenvalue weighted by Crippen LogP contribution is -2.39. The Bertz CT molecular complexity index is 748. The van der Waals surface area contributed by atoms with Gasteiger partial charge in [0.25, 0.3) is 5.91 Å². The Hall–Kier alpha value is -2.53. The molecule has 6 heteroatoms. The third kappa shape index (κ3) is 5.22. The number of rotatable bonds is 6. The van der Waals surface area contributed by atoms with Crippen LogP contribution >= 0.6 is 11.6 Å². The van der Waals surface area contributed by atoms with Gasteiger partial charge in [-0.3, -0.25) is 4.79 Å². The molecule has 0 aromatic heterocycles. The number of ether oxygens (including phenoxy) is 1. The second kappa shape index (κ2) is 8.53. The van der Waals surface area contributed by atoms with Gasteiger partial charge in [-0.25, -0.2) is 4.79 Å². The summed E-state index contributed by atoms with van der Waals surface area (Å²) >= 11 is 5.87. The Morgan fingerprint density at radius 1 is 1.16 bits per heavy atom. The standard InChI is InChI=1S/C19H21ClN2O3/c1-13(2)22(11-14-6-4-3-5-7-14)18(23)12-25-19(24)16-10-15(20)8-9-17(16)21/h3-10,13H,11-12,21H2,1-2H3. The molecule has 25 heavy (non-hydrogen) atoms. The molecule has 0 aliphatic rings. The molecule has 0 aliphatic carbocycles. The van der Waals surface area contributed by atoms with Crippen molar-refractivity contribution in [1.82, 2.24) is 4.90 Å². The van der Waals surface area contributed by atoms with Crippen molar-refractivity contribution in [2.45, 2.75) is 26.4 Å². The first-order valence-corrected chi connectivity index (χ1v) is 8.32. The fourth-order valence-corrected chi connectivity index (χ4v) is 2.50. The van der Waals surface area contributed by atoms with E-state index in [1.165, 1.54) is 12.1 Å². The number of esters is 1. The molecule has 0 bridgehead atoms. The summed E-state index contributed by atoms with van der Waals surface area (Å²) in [7, 11) is 0. The number of nitrogens with zero attached hydrogens (tertiary/aromatic N) is 1. The summed E-state index contributed by atoms with van der Waals surface area (Å²) in [6, 6.07) is 14.2. The predicted octanol–water partition coefficient (Wildman–Crippen LogP) is 3.52. The van der Waals surface area contributed by atoms with Gasteiger partial charge in [-0.15, -0.1) is 0 Å². The first kappa shape index (κ1) is 18.8. The van der Waals surface area contributed by atoms with E-state index in [-0.39, 0.29) is 29.8 Å². The van der Waals surface area contributed by atoms with Crippen LogP contribution < -0.4 is 5.73 Å². The van der Waals surface area contributed by atoms with Gasteiger partial charge in [0.2, 0.25) is 0 Å². The molecule has 0 radical (unpaired) electrons. The van der Waals surface area contributed by atoms with Crippen LogP contribution in [0, 0.1) is 0 Å². The maximum atomic E-state index is 12.5. The van der Waals surface area contributed by atoms with E-state index in [0.717, 1.165) is 5.56 Å². The highest BCUT2D eigenvalue weighted by Crippen LogP contribution is 2.19. The number of halogens is 1. The number of benzene rings is 2. The zero-order valence-electron chi connectivity index (χ0n) is 14.2. The number of nitrogens with two attached hydrogens (primary N) is 1. The van der Waals surface area contributed by atoms with E-state index < -0.39 is 5.97 Å². The highest BCUT2D eigenvalue weighted by molar-refractivity contribution is 6.31. The van der Waals surface area contributed by atoms with Gasteiger partial charge in [-0.05, 0) is 37.6 Å². The van der Waals surface area contributed by atoms with Crippen molar-refractivity contribution in [3.05, 3.63) is 64.7 Å². The fourth-order valence-electron chi connectivity index (χ4n) is 2.33. The van der Waals surface area contributed by atoms with Gasteiger partial charge in [0.05, 0.1) is 5.56 Å². The molecule has 0 saturated carbocycles. The van der Waals surface area contributed by atoms with Crippen LogP contribution in [0.3, 0.4) is 0 Å². The molecule has 0 aliphatic heterocycles. The molecule has 0 fully saturated rings. The third-order valence-corrected chi connectivity index (χ3v) is 3.94. The van der Waals surface area contributed by atoms with E-state index in [4.69, 9.17) is 22.1 Å². The summed E-state index contributed by atoms with van der Waals surface area (Å²) in [5, 5.41) is 0.375. The predicted molar refractivity (Wildman–Crippen MR) is 98.3 cm³/mol. The lowest BCUT2D eigenvalue weighted by molar-refractivity contribution is -0.136. The van der Waals surface area contributed by atoms with Crippen LogP contribution in [0.1, 0.15) is 29.8 Å². The second-order valence-electron chi connectivity index (χ2n) is 5.91. The molecule has 0 unspecified atom stereocenters. The van der Waals surface area contributed by atoms with Crippen molar-refractivity contribution >= 4 is 29.2 Å². The minimum atomic E-state index is -0.670. The summed E-state index contributed by atoms with van der Waals surface area (Å²) in [6.07, 6.45) is 0. The smallest absolute Gasteiger partial charge is 0.340 e. The van der Waals surface area contributed by atoms with Crippen molar-refractivity contribution in [2.75, 3.05) is 12.3 Å². The molecule has 2 aromatic rings. The molecule has 5 nitrogen and oxygen atoms in total. The van der Waals surface area contributed by atoms with E-state index in [0.29, 0.717) is 11.6 Å². The monoisotopic (exact) mass is 360 g/mol. The number of anilines is 1.